The maximum absolute atomic E-state index is 12.2. The van der Waals surface area contributed by atoms with Crippen LogP contribution in [-0.4, -0.2) is 46.3 Å². The van der Waals surface area contributed by atoms with E-state index in [1.807, 2.05) is 0 Å². The van der Waals surface area contributed by atoms with Gasteiger partial charge in [0.15, 0.2) is 11.4 Å². The van der Waals surface area contributed by atoms with Crippen LogP contribution in [0, 0.1) is 0 Å². The number of hydrogen-bond acceptors (Lipinski definition) is 7. The molecule has 0 radical (unpaired) electrons. The van der Waals surface area contributed by atoms with Gasteiger partial charge in [-0.2, -0.15) is 0 Å². The Balaban J connectivity index is 1.93. The maximum atomic E-state index is 12.2. The summed E-state index contributed by atoms with van der Waals surface area (Å²) >= 11 is 0. The SMILES string of the molecule is CC1(C)O[C@@H]2C[C@@]3(C/C(=N/O)[C@@H]2O1)OC(C)(C)OC3=O. The summed E-state index contributed by atoms with van der Waals surface area (Å²) in [4.78, 5) is 12.2. The third kappa shape index (κ3) is 2.01. The number of esters is 1. The zero-order chi connectivity index (χ0) is 14.8. The van der Waals surface area contributed by atoms with Crippen molar-refractivity contribution in [1.82, 2.24) is 0 Å². The van der Waals surface area contributed by atoms with Crippen LogP contribution in [0.5, 0.6) is 0 Å². The molecule has 1 spiro atoms. The van der Waals surface area contributed by atoms with Crippen LogP contribution in [-0.2, 0) is 23.7 Å². The predicted octanol–water partition coefficient (Wildman–Crippen LogP) is 1.18. The van der Waals surface area contributed by atoms with Crippen LogP contribution in [0.15, 0.2) is 5.16 Å². The minimum absolute atomic E-state index is 0.145. The molecule has 1 aliphatic carbocycles. The van der Waals surface area contributed by atoms with Crippen LogP contribution in [0.25, 0.3) is 0 Å². The zero-order valence-corrected chi connectivity index (χ0v) is 12.0. The highest BCUT2D eigenvalue weighted by Gasteiger charge is 2.62. The fourth-order valence-corrected chi connectivity index (χ4v) is 3.23. The molecule has 1 saturated carbocycles. The number of hydrogen-bond donors (Lipinski definition) is 1. The second kappa shape index (κ2) is 3.93. The third-order valence-corrected chi connectivity index (χ3v) is 3.79. The molecule has 2 heterocycles. The Morgan fingerprint density at radius 3 is 2.45 bits per heavy atom. The minimum atomic E-state index is -1.16. The van der Waals surface area contributed by atoms with Crippen LogP contribution in [0.1, 0.15) is 40.5 Å². The molecule has 7 heteroatoms. The third-order valence-electron chi connectivity index (χ3n) is 3.79. The number of cyclic esters (lactones) is 1. The summed E-state index contributed by atoms with van der Waals surface area (Å²) in [5, 5.41) is 12.5. The molecule has 0 amide bonds. The minimum Gasteiger partial charge on any atom is -0.431 e. The number of nitrogens with zero attached hydrogens (tertiary/aromatic N) is 1. The van der Waals surface area contributed by atoms with Crippen molar-refractivity contribution >= 4 is 11.7 Å². The van der Waals surface area contributed by atoms with Crippen molar-refractivity contribution in [3.8, 4) is 0 Å². The number of oxime groups is 1. The lowest BCUT2D eigenvalue weighted by Gasteiger charge is -2.35. The Morgan fingerprint density at radius 1 is 1.20 bits per heavy atom. The molecule has 3 rings (SSSR count). The zero-order valence-electron chi connectivity index (χ0n) is 12.0. The van der Waals surface area contributed by atoms with Gasteiger partial charge in [0, 0.05) is 26.7 Å². The normalized spacial score (nSPS) is 43.8. The van der Waals surface area contributed by atoms with Gasteiger partial charge in [-0.1, -0.05) is 5.16 Å². The molecule has 0 unspecified atom stereocenters. The van der Waals surface area contributed by atoms with E-state index in [-0.39, 0.29) is 6.42 Å². The largest absolute Gasteiger partial charge is 0.431 e. The van der Waals surface area contributed by atoms with E-state index in [9.17, 15) is 10.0 Å². The lowest BCUT2D eigenvalue weighted by atomic mass is 9.80. The smallest absolute Gasteiger partial charge is 0.341 e. The van der Waals surface area contributed by atoms with Gasteiger partial charge in [-0.3, -0.25) is 0 Å². The van der Waals surface area contributed by atoms with Gasteiger partial charge in [-0.05, 0) is 13.8 Å². The van der Waals surface area contributed by atoms with E-state index >= 15 is 0 Å². The van der Waals surface area contributed by atoms with Crippen molar-refractivity contribution in [3.63, 3.8) is 0 Å². The highest BCUT2D eigenvalue weighted by Crippen LogP contribution is 2.46. The molecule has 3 aliphatic rings. The van der Waals surface area contributed by atoms with Gasteiger partial charge >= 0.3 is 5.97 Å². The molecule has 2 aliphatic heterocycles. The van der Waals surface area contributed by atoms with Crippen molar-refractivity contribution < 1.29 is 28.9 Å². The average molecular weight is 285 g/mol. The molecule has 112 valence electrons. The van der Waals surface area contributed by atoms with Crippen molar-refractivity contribution in [2.24, 2.45) is 5.16 Å². The fraction of sp³-hybridized carbons (Fsp3) is 0.846. The van der Waals surface area contributed by atoms with Crippen LogP contribution in [0.3, 0.4) is 0 Å². The first-order valence-electron chi connectivity index (χ1n) is 6.66. The van der Waals surface area contributed by atoms with Crippen LogP contribution >= 0.6 is 0 Å². The van der Waals surface area contributed by atoms with Gasteiger partial charge in [-0.25, -0.2) is 4.79 Å². The number of carbonyl (C=O) groups excluding carboxylic acids is 1. The number of rotatable bonds is 0. The van der Waals surface area contributed by atoms with E-state index < -0.39 is 35.4 Å². The highest BCUT2D eigenvalue weighted by molar-refractivity contribution is 5.97. The summed E-state index contributed by atoms with van der Waals surface area (Å²) < 4.78 is 22.6. The summed E-state index contributed by atoms with van der Waals surface area (Å²) in [6, 6.07) is 0. The molecule has 20 heavy (non-hydrogen) atoms. The predicted molar refractivity (Wildman–Crippen MR) is 66.3 cm³/mol. The molecule has 3 atom stereocenters. The fourth-order valence-electron chi connectivity index (χ4n) is 3.23. The molecule has 2 saturated heterocycles. The first-order chi connectivity index (χ1) is 9.16. The molecule has 0 aromatic heterocycles. The Labute approximate surface area is 116 Å². The van der Waals surface area contributed by atoms with Gasteiger partial charge in [0.25, 0.3) is 0 Å². The molecule has 1 N–H and O–H groups in total. The molecule has 0 bridgehead atoms. The van der Waals surface area contributed by atoms with Crippen LogP contribution in [0.4, 0.5) is 0 Å². The average Bonchev–Trinajstić information content (AvgIpc) is 2.70. The number of ether oxygens (including phenoxy) is 4. The summed E-state index contributed by atoms with van der Waals surface area (Å²) in [5.41, 5.74) is -0.808. The van der Waals surface area contributed by atoms with Gasteiger partial charge < -0.3 is 24.2 Å². The lowest BCUT2D eigenvalue weighted by molar-refractivity contribution is -0.173. The standard InChI is InChI=1S/C13H19NO6/c1-11(2)17-8-6-13(5-7(14-16)9(8)18-11)10(15)19-12(3,4)20-13/h8-9,16H,5-6H2,1-4H3/b14-7-/t8-,9+,13-/m1/s1. The van der Waals surface area contributed by atoms with E-state index in [0.29, 0.717) is 12.1 Å². The van der Waals surface area contributed by atoms with Gasteiger partial charge in [0.2, 0.25) is 5.79 Å². The highest BCUT2D eigenvalue weighted by atomic mass is 16.8. The second-order valence-electron chi connectivity index (χ2n) is 6.45. The monoisotopic (exact) mass is 285 g/mol. The maximum Gasteiger partial charge on any atom is 0.341 e. The van der Waals surface area contributed by atoms with Crippen molar-refractivity contribution in [3.05, 3.63) is 0 Å². The topological polar surface area (TPSA) is 86.6 Å². The summed E-state index contributed by atoms with van der Waals surface area (Å²) in [6.45, 7) is 6.92. The Hall–Kier alpha value is -1.18. The van der Waals surface area contributed by atoms with E-state index in [4.69, 9.17) is 18.9 Å². The van der Waals surface area contributed by atoms with Gasteiger partial charge in [-0.15, -0.1) is 0 Å². The Morgan fingerprint density at radius 2 is 1.90 bits per heavy atom. The van der Waals surface area contributed by atoms with E-state index in [0.717, 1.165) is 0 Å². The molecular formula is C13H19NO6. The molecule has 0 aromatic carbocycles. The van der Waals surface area contributed by atoms with E-state index in [1.54, 1.807) is 27.7 Å². The van der Waals surface area contributed by atoms with Crippen LogP contribution < -0.4 is 0 Å². The van der Waals surface area contributed by atoms with Gasteiger partial charge in [0.1, 0.15) is 6.10 Å². The van der Waals surface area contributed by atoms with E-state index in [2.05, 4.69) is 5.16 Å². The molecular weight excluding hydrogens is 266 g/mol. The first kappa shape index (κ1) is 13.8. The van der Waals surface area contributed by atoms with Crippen molar-refractivity contribution in [2.75, 3.05) is 0 Å². The first-order valence-corrected chi connectivity index (χ1v) is 6.66. The molecule has 3 fully saturated rings. The second-order valence-corrected chi connectivity index (χ2v) is 6.45. The Bertz CT molecular complexity index is 485. The summed E-state index contributed by atoms with van der Waals surface area (Å²) in [6.07, 6.45) is -0.388. The summed E-state index contributed by atoms with van der Waals surface area (Å²) in [7, 11) is 0. The van der Waals surface area contributed by atoms with Crippen molar-refractivity contribution in [2.45, 2.75) is 69.9 Å². The lowest BCUT2D eigenvalue weighted by Crippen LogP contribution is -2.52. The molecule has 7 nitrogen and oxygen atoms in total. The number of fused-ring (bicyclic) bond motifs is 1. The van der Waals surface area contributed by atoms with E-state index in [1.165, 1.54) is 0 Å². The number of carbonyl (C=O) groups is 1. The quantitative estimate of drug-likeness (QED) is 0.408. The molecule has 0 aromatic rings. The summed E-state index contributed by atoms with van der Waals surface area (Å²) in [5.74, 6) is -2.22. The van der Waals surface area contributed by atoms with Crippen molar-refractivity contribution in [1.29, 1.82) is 0 Å². The Kier molecular flexibility index (Phi) is 2.71. The van der Waals surface area contributed by atoms with Gasteiger partial charge in [0.05, 0.1) is 11.8 Å². The van der Waals surface area contributed by atoms with Crippen LogP contribution in [0.2, 0.25) is 0 Å².